The molecule has 1 atom stereocenters. The molecule has 0 radical (unpaired) electrons. The van der Waals surface area contributed by atoms with Crippen molar-refractivity contribution < 1.29 is 23.8 Å². The Bertz CT molecular complexity index is 1090. The van der Waals surface area contributed by atoms with Crippen molar-refractivity contribution >= 4 is 23.3 Å². The second-order valence-electron chi connectivity index (χ2n) is 7.42. The molecule has 3 aliphatic rings. The highest BCUT2D eigenvalue weighted by Crippen LogP contribution is 2.42. The maximum Gasteiger partial charge on any atom is 0.351 e. The van der Waals surface area contributed by atoms with Gasteiger partial charge in [0.15, 0.2) is 18.2 Å². The molecule has 32 heavy (non-hydrogen) atoms. The van der Waals surface area contributed by atoms with Gasteiger partial charge >= 0.3 is 5.97 Å². The van der Waals surface area contributed by atoms with Gasteiger partial charge in [-0.15, -0.1) is 0 Å². The SMILES string of the molecule is COCCOc1cc(NC23N=CC(C)=C(NO2)N3c2ccc3c(c2)NCO3)ccc1OC. The summed E-state index contributed by atoms with van der Waals surface area (Å²) in [5.74, 6) is 1.61. The van der Waals surface area contributed by atoms with E-state index in [0.717, 1.165) is 34.2 Å². The van der Waals surface area contributed by atoms with Crippen molar-refractivity contribution in [1.82, 2.24) is 5.48 Å². The molecule has 3 aliphatic heterocycles. The number of anilines is 3. The van der Waals surface area contributed by atoms with Gasteiger partial charge in [0.2, 0.25) is 0 Å². The van der Waals surface area contributed by atoms with Gasteiger partial charge in [0.1, 0.15) is 18.2 Å². The second-order valence-corrected chi connectivity index (χ2v) is 7.42. The number of hydroxylamine groups is 1. The van der Waals surface area contributed by atoms with Crippen LogP contribution in [0.5, 0.6) is 17.2 Å². The van der Waals surface area contributed by atoms with Crippen LogP contribution < -0.4 is 35.2 Å². The third kappa shape index (κ3) is 3.43. The van der Waals surface area contributed by atoms with Gasteiger partial charge in [-0.25, -0.2) is 15.3 Å². The van der Waals surface area contributed by atoms with Crippen LogP contribution in [-0.4, -0.2) is 46.4 Å². The molecule has 0 saturated carbocycles. The molecular formula is C22H25N5O5. The highest BCUT2D eigenvalue weighted by molar-refractivity contribution is 5.85. The lowest BCUT2D eigenvalue weighted by atomic mass is 10.2. The Balaban J connectivity index is 1.48. The summed E-state index contributed by atoms with van der Waals surface area (Å²) in [5.41, 5.74) is 6.51. The van der Waals surface area contributed by atoms with Crippen LogP contribution >= 0.6 is 0 Å². The van der Waals surface area contributed by atoms with E-state index in [1.807, 2.05) is 48.2 Å². The van der Waals surface area contributed by atoms with Crippen molar-refractivity contribution in [1.29, 1.82) is 0 Å². The lowest BCUT2D eigenvalue weighted by molar-refractivity contribution is -0.0214. The molecule has 2 aromatic rings. The lowest BCUT2D eigenvalue weighted by Gasteiger charge is -2.36. The summed E-state index contributed by atoms with van der Waals surface area (Å²) < 4.78 is 21.9. The maximum atomic E-state index is 5.99. The Morgan fingerprint density at radius 2 is 2.06 bits per heavy atom. The molecule has 3 heterocycles. The topological polar surface area (TPSA) is 97.8 Å². The van der Waals surface area contributed by atoms with Crippen LogP contribution in [0.4, 0.5) is 17.1 Å². The molecule has 2 aromatic carbocycles. The minimum Gasteiger partial charge on any atom is -0.493 e. The molecule has 0 aliphatic carbocycles. The molecule has 3 N–H and O–H groups in total. The van der Waals surface area contributed by atoms with Gasteiger partial charge in [0.05, 0.1) is 25.1 Å². The predicted molar refractivity (Wildman–Crippen MR) is 120 cm³/mol. The molecule has 10 heteroatoms. The number of hydrogen-bond donors (Lipinski definition) is 3. The van der Waals surface area contributed by atoms with Crippen molar-refractivity contribution in [2.45, 2.75) is 12.9 Å². The number of aliphatic imine (C=N–C) groups is 1. The zero-order valence-electron chi connectivity index (χ0n) is 18.1. The maximum absolute atomic E-state index is 5.99. The smallest absolute Gasteiger partial charge is 0.351 e. The van der Waals surface area contributed by atoms with E-state index in [4.69, 9.17) is 28.8 Å². The van der Waals surface area contributed by atoms with Crippen molar-refractivity contribution in [3.63, 3.8) is 0 Å². The Morgan fingerprint density at radius 3 is 2.91 bits per heavy atom. The third-order valence-electron chi connectivity index (χ3n) is 5.35. The van der Waals surface area contributed by atoms with E-state index in [1.54, 1.807) is 20.4 Å². The number of benzene rings is 2. The minimum absolute atomic E-state index is 0.403. The predicted octanol–water partition coefficient (Wildman–Crippen LogP) is 2.86. The lowest BCUT2D eigenvalue weighted by Crippen LogP contribution is -2.51. The van der Waals surface area contributed by atoms with Crippen molar-refractivity contribution in [2.75, 3.05) is 49.7 Å². The summed E-state index contributed by atoms with van der Waals surface area (Å²) in [6.45, 7) is 3.30. The number of rotatable bonds is 8. The zero-order valence-corrected chi connectivity index (χ0v) is 18.1. The molecule has 5 rings (SSSR count). The van der Waals surface area contributed by atoms with Crippen LogP contribution in [0.2, 0.25) is 0 Å². The molecule has 0 aromatic heterocycles. The van der Waals surface area contributed by atoms with Gasteiger partial charge in [-0.3, -0.25) is 4.90 Å². The second kappa shape index (κ2) is 8.13. The molecule has 2 bridgehead atoms. The van der Waals surface area contributed by atoms with E-state index in [1.165, 1.54) is 0 Å². The molecule has 1 saturated heterocycles. The van der Waals surface area contributed by atoms with Gasteiger partial charge < -0.3 is 29.6 Å². The van der Waals surface area contributed by atoms with E-state index < -0.39 is 5.97 Å². The number of nitrogens with zero attached hydrogens (tertiary/aromatic N) is 2. The monoisotopic (exact) mass is 439 g/mol. The van der Waals surface area contributed by atoms with E-state index in [0.29, 0.717) is 31.4 Å². The number of hydrogen-bond acceptors (Lipinski definition) is 10. The first-order valence-corrected chi connectivity index (χ1v) is 10.2. The van der Waals surface area contributed by atoms with Crippen LogP contribution in [-0.2, 0) is 9.57 Å². The first-order valence-electron chi connectivity index (χ1n) is 10.2. The molecule has 0 amide bonds. The van der Waals surface area contributed by atoms with Crippen LogP contribution in [0, 0.1) is 0 Å². The fourth-order valence-corrected chi connectivity index (χ4v) is 3.77. The van der Waals surface area contributed by atoms with E-state index >= 15 is 0 Å². The summed E-state index contributed by atoms with van der Waals surface area (Å²) in [6, 6.07) is 11.5. The number of ether oxygens (including phenoxy) is 4. The van der Waals surface area contributed by atoms with Gasteiger partial charge in [-0.2, -0.15) is 0 Å². The summed E-state index contributed by atoms with van der Waals surface area (Å²) in [6.07, 6.45) is 1.78. The molecular weight excluding hydrogens is 414 g/mol. The summed E-state index contributed by atoms with van der Waals surface area (Å²) in [7, 11) is 3.23. The highest BCUT2D eigenvalue weighted by Gasteiger charge is 2.49. The Labute approximate surface area is 185 Å². The average Bonchev–Trinajstić information content (AvgIpc) is 3.38. The number of fused-ring (bicyclic) bond motifs is 3. The molecule has 1 unspecified atom stereocenters. The molecule has 168 valence electrons. The van der Waals surface area contributed by atoms with Crippen LogP contribution in [0.15, 0.2) is 52.8 Å². The van der Waals surface area contributed by atoms with Gasteiger partial charge in [0.25, 0.3) is 0 Å². The first-order chi connectivity index (χ1) is 15.6. The summed E-state index contributed by atoms with van der Waals surface area (Å²) in [4.78, 5) is 12.7. The van der Waals surface area contributed by atoms with Crippen molar-refractivity contribution in [3.8, 4) is 17.2 Å². The Kier molecular flexibility index (Phi) is 5.16. The van der Waals surface area contributed by atoms with E-state index in [2.05, 4.69) is 16.1 Å². The highest BCUT2D eigenvalue weighted by atomic mass is 16.7. The number of nitrogens with one attached hydrogen (secondary N) is 3. The van der Waals surface area contributed by atoms with Crippen LogP contribution in [0.3, 0.4) is 0 Å². The summed E-state index contributed by atoms with van der Waals surface area (Å²) in [5, 5.41) is 6.62. The molecule has 1 fully saturated rings. The zero-order chi connectivity index (χ0) is 22.1. The third-order valence-corrected chi connectivity index (χ3v) is 5.35. The van der Waals surface area contributed by atoms with Gasteiger partial charge in [-0.05, 0) is 37.3 Å². The Morgan fingerprint density at radius 1 is 1.16 bits per heavy atom. The van der Waals surface area contributed by atoms with E-state index in [-0.39, 0.29) is 0 Å². The Hall–Kier alpha value is -3.63. The van der Waals surface area contributed by atoms with Crippen LogP contribution in [0.25, 0.3) is 0 Å². The largest absolute Gasteiger partial charge is 0.493 e. The van der Waals surface area contributed by atoms with Crippen LogP contribution in [0.1, 0.15) is 6.92 Å². The fraction of sp³-hybridized carbons (Fsp3) is 0.318. The van der Waals surface area contributed by atoms with Gasteiger partial charge in [-0.1, -0.05) is 0 Å². The average molecular weight is 439 g/mol. The normalized spacial score (nSPS) is 20.4. The standard InChI is InChI=1S/C22H25N5O5/c1-14-12-24-22(25-15-4-6-19(29-3)20(10-15)30-9-8-28-2)27(21(14)26-32-22)16-5-7-18-17(11-16)23-13-31-18/h4-7,10-12,23,25-26H,8-9,13H2,1-3H3. The van der Waals surface area contributed by atoms with Crippen molar-refractivity contribution in [3.05, 3.63) is 47.8 Å². The quantitative estimate of drug-likeness (QED) is 0.537. The van der Waals surface area contributed by atoms with Gasteiger partial charge in [0, 0.05) is 30.7 Å². The minimum atomic E-state index is -1.22. The molecule has 0 spiro atoms. The fourth-order valence-electron chi connectivity index (χ4n) is 3.77. The number of allylic oxidation sites excluding steroid dienone is 1. The van der Waals surface area contributed by atoms with E-state index in [9.17, 15) is 0 Å². The molecule has 10 nitrogen and oxygen atoms in total. The first kappa shape index (κ1) is 20.3. The number of methoxy groups -OCH3 is 2. The summed E-state index contributed by atoms with van der Waals surface area (Å²) >= 11 is 0. The van der Waals surface area contributed by atoms with Crippen molar-refractivity contribution in [2.24, 2.45) is 4.99 Å².